The number of aliphatic hydroxyl groups excluding tert-OH is 2. The van der Waals surface area contributed by atoms with E-state index >= 15 is 0 Å². The van der Waals surface area contributed by atoms with E-state index in [1.807, 2.05) is 0 Å². The van der Waals surface area contributed by atoms with Gasteiger partial charge in [-0.05, 0) is 0 Å². The Labute approximate surface area is 107 Å². The molecule has 2 unspecified atom stereocenters. The predicted molar refractivity (Wildman–Crippen MR) is 44.4 cm³/mol. The van der Waals surface area contributed by atoms with Gasteiger partial charge in [-0.15, -0.1) is 0 Å². The number of rotatable bonds is 3. The normalized spacial score (nSPS) is 13.2. The van der Waals surface area contributed by atoms with Gasteiger partial charge in [-0.25, -0.2) is 9.59 Å². The molecular weight excluding hydrogens is 289 g/mol. The fourth-order valence-corrected chi connectivity index (χ4v) is 0.270. The number of aliphatic carboxylic acids is 2. The average Bonchev–Trinajstić information content (AvgIpc) is 1.84. The SMILES string of the molecule is O=C(O)C(O)C(O)C(=O)O.[NaH].[SbH3]. The third-order valence-corrected chi connectivity index (χ3v) is 0.805. The molecule has 6 nitrogen and oxygen atoms in total. The second-order valence-corrected chi connectivity index (χ2v) is 1.57. The molecule has 4 N–H and O–H groups in total. The molecule has 0 aliphatic heterocycles. The van der Waals surface area contributed by atoms with Crippen molar-refractivity contribution in [2.24, 2.45) is 0 Å². The third kappa shape index (κ3) is 6.22. The van der Waals surface area contributed by atoms with E-state index in [0.29, 0.717) is 0 Å². The molecule has 0 saturated carbocycles. The van der Waals surface area contributed by atoms with Crippen LogP contribution >= 0.6 is 0 Å². The summed E-state index contributed by atoms with van der Waals surface area (Å²) in [6.45, 7) is 0. The molecule has 0 fully saturated rings. The Hall–Kier alpha value is 0.678. The number of hydrogen-bond acceptors (Lipinski definition) is 4. The Morgan fingerprint density at radius 1 is 0.917 bits per heavy atom. The van der Waals surface area contributed by atoms with Crippen molar-refractivity contribution < 1.29 is 30.0 Å². The van der Waals surface area contributed by atoms with Crippen LogP contribution in [0.15, 0.2) is 0 Å². The van der Waals surface area contributed by atoms with Gasteiger partial charge in [-0.1, -0.05) is 0 Å². The van der Waals surface area contributed by atoms with E-state index in [4.69, 9.17) is 20.4 Å². The van der Waals surface area contributed by atoms with Crippen molar-refractivity contribution in [3.63, 3.8) is 0 Å². The maximum atomic E-state index is 9.77. The molecule has 0 aromatic rings. The molecule has 0 rings (SSSR count). The van der Waals surface area contributed by atoms with Gasteiger partial charge >= 0.3 is 65.9 Å². The summed E-state index contributed by atoms with van der Waals surface area (Å²) in [6.07, 6.45) is -4.53. The first kappa shape index (κ1) is 18.5. The fraction of sp³-hybridized carbons (Fsp3) is 0.500. The molecule has 2 atom stereocenters. The standard InChI is InChI=1S/C4H6O6.Na.Sb.4H/c5-1(3(7)8)2(6)4(9)10;;;;;;/h1-2,5-6H,(H,7,8)(H,9,10);;;;;;. The van der Waals surface area contributed by atoms with E-state index < -0.39 is 24.1 Å². The molecule has 0 aliphatic carbocycles. The van der Waals surface area contributed by atoms with Gasteiger partial charge < -0.3 is 20.4 Å². The van der Waals surface area contributed by atoms with Crippen LogP contribution in [0.1, 0.15) is 0 Å². The topological polar surface area (TPSA) is 115 Å². The molecule has 0 aliphatic rings. The molecule has 0 aromatic heterocycles. The number of hydrogen-bond donors (Lipinski definition) is 4. The van der Waals surface area contributed by atoms with Crippen LogP contribution in [0.2, 0.25) is 0 Å². The molecule has 0 amide bonds. The van der Waals surface area contributed by atoms with Gasteiger partial charge in [0.15, 0.2) is 12.2 Å². The molecule has 0 bridgehead atoms. The Bertz CT molecular complexity index is 144. The van der Waals surface area contributed by atoms with Crippen LogP contribution in [-0.4, -0.2) is 98.6 Å². The second kappa shape index (κ2) is 8.28. The van der Waals surface area contributed by atoms with E-state index in [1.165, 1.54) is 0 Å². The summed E-state index contributed by atoms with van der Waals surface area (Å²) < 4.78 is 0. The number of carboxylic acids is 2. The van der Waals surface area contributed by atoms with E-state index in [1.54, 1.807) is 0 Å². The van der Waals surface area contributed by atoms with Crippen LogP contribution in [0.4, 0.5) is 0 Å². The van der Waals surface area contributed by atoms with E-state index in [-0.39, 0.29) is 54.0 Å². The van der Waals surface area contributed by atoms with Crippen molar-refractivity contribution >= 4 is 65.9 Å². The van der Waals surface area contributed by atoms with Gasteiger partial charge in [-0.2, -0.15) is 0 Å². The molecule has 0 aromatic carbocycles. The van der Waals surface area contributed by atoms with Crippen LogP contribution < -0.4 is 0 Å². The van der Waals surface area contributed by atoms with Crippen molar-refractivity contribution in [2.75, 3.05) is 0 Å². The zero-order chi connectivity index (χ0) is 8.31. The Morgan fingerprint density at radius 3 is 1.17 bits per heavy atom. The Morgan fingerprint density at radius 2 is 1.08 bits per heavy atom. The minimum atomic E-state index is -2.27. The molecule has 0 spiro atoms. The van der Waals surface area contributed by atoms with Gasteiger partial charge in [0.05, 0.1) is 0 Å². The molecule has 0 heterocycles. The van der Waals surface area contributed by atoms with Gasteiger partial charge in [-0.3, -0.25) is 0 Å². The summed E-state index contributed by atoms with van der Waals surface area (Å²) in [6, 6.07) is 0. The van der Waals surface area contributed by atoms with Crippen molar-refractivity contribution in [2.45, 2.75) is 12.2 Å². The van der Waals surface area contributed by atoms with Gasteiger partial charge in [0.2, 0.25) is 0 Å². The zero-order valence-corrected chi connectivity index (χ0v) is 9.50. The first-order valence-corrected chi connectivity index (χ1v) is 2.28. The molecule has 8 heteroatoms. The first-order chi connectivity index (χ1) is 4.46. The summed E-state index contributed by atoms with van der Waals surface area (Å²) in [5.41, 5.74) is 0. The molecular formula is C4H10NaO6Sb. The summed E-state index contributed by atoms with van der Waals surface area (Å²) in [5.74, 6) is -3.54. The van der Waals surface area contributed by atoms with E-state index in [0.717, 1.165) is 0 Å². The number of aliphatic hydroxyl groups is 2. The molecule has 12 heavy (non-hydrogen) atoms. The monoisotopic (exact) mass is 298 g/mol. The fourth-order valence-electron chi connectivity index (χ4n) is 0.270. The van der Waals surface area contributed by atoms with Crippen molar-refractivity contribution in [3.8, 4) is 0 Å². The van der Waals surface area contributed by atoms with E-state index in [9.17, 15) is 9.59 Å². The van der Waals surface area contributed by atoms with Crippen molar-refractivity contribution in [1.29, 1.82) is 0 Å². The molecule has 0 saturated heterocycles. The van der Waals surface area contributed by atoms with Crippen molar-refractivity contribution in [3.05, 3.63) is 0 Å². The quantitative estimate of drug-likeness (QED) is 0.395. The third-order valence-electron chi connectivity index (χ3n) is 0.805. The zero-order valence-electron chi connectivity index (χ0n) is 5.47. The van der Waals surface area contributed by atoms with Crippen LogP contribution in [0, 0.1) is 0 Å². The van der Waals surface area contributed by atoms with Crippen molar-refractivity contribution in [1.82, 2.24) is 0 Å². The van der Waals surface area contributed by atoms with Gasteiger partial charge in [0.1, 0.15) is 0 Å². The van der Waals surface area contributed by atoms with Gasteiger partial charge in [0.25, 0.3) is 0 Å². The van der Waals surface area contributed by atoms with Crippen LogP contribution in [0.25, 0.3) is 0 Å². The average molecular weight is 299 g/mol. The first-order valence-electron chi connectivity index (χ1n) is 2.28. The predicted octanol–water partition coefficient (Wildman–Crippen LogP) is -3.95. The number of carboxylic acid groups (broad SMARTS) is 2. The maximum absolute atomic E-state index is 9.77. The molecule has 68 valence electrons. The Balaban J connectivity index is -0.000000405. The minimum absolute atomic E-state index is 0. The van der Waals surface area contributed by atoms with E-state index in [2.05, 4.69) is 0 Å². The summed E-state index contributed by atoms with van der Waals surface area (Å²) >= 11 is 0. The van der Waals surface area contributed by atoms with Gasteiger partial charge in [0, 0.05) is 0 Å². The van der Waals surface area contributed by atoms with Crippen LogP contribution in [0.3, 0.4) is 0 Å². The second-order valence-electron chi connectivity index (χ2n) is 1.57. The summed E-state index contributed by atoms with van der Waals surface area (Å²) in [7, 11) is 0. The summed E-state index contributed by atoms with van der Waals surface area (Å²) in [4.78, 5) is 19.5. The Kier molecular flexibility index (Phi) is 12.7. The van der Waals surface area contributed by atoms with Crippen LogP contribution in [-0.2, 0) is 9.59 Å². The van der Waals surface area contributed by atoms with Crippen LogP contribution in [0.5, 0.6) is 0 Å². The summed E-state index contributed by atoms with van der Waals surface area (Å²) in [5, 5.41) is 32.5. The molecule has 0 radical (unpaired) electrons. The number of carbonyl (C=O) groups is 2.